The van der Waals surface area contributed by atoms with Crippen LogP contribution in [-0.2, 0) is 10.1 Å². The molecule has 28 heavy (non-hydrogen) atoms. The van der Waals surface area contributed by atoms with E-state index in [9.17, 15) is 13.0 Å². The van der Waals surface area contributed by atoms with Crippen molar-refractivity contribution in [2.24, 2.45) is 11.6 Å². The maximum Gasteiger partial charge on any atom is 0.295 e. The van der Waals surface area contributed by atoms with E-state index in [1.165, 1.54) is 12.3 Å². The zero-order valence-electron chi connectivity index (χ0n) is 14.5. The summed E-state index contributed by atoms with van der Waals surface area (Å²) in [5.41, 5.74) is 7.19. The van der Waals surface area contributed by atoms with Gasteiger partial charge >= 0.3 is 0 Å². The van der Waals surface area contributed by atoms with E-state index >= 15 is 0 Å². The van der Waals surface area contributed by atoms with Gasteiger partial charge < -0.3 is 15.3 Å². The zero-order valence-corrected chi connectivity index (χ0v) is 15.3. The number of hydrogen-bond acceptors (Lipinski definition) is 6. The molecule has 8 heteroatoms. The first-order chi connectivity index (χ1) is 13.4. The van der Waals surface area contributed by atoms with Crippen molar-refractivity contribution >= 4 is 21.9 Å². The number of nitrogens with two attached hydrogens (primary N) is 2. The van der Waals surface area contributed by atoms with Crippen molar-refractivity contribution in [3.63, 3.8) is 0 Å². The lowest BCUT2D eigenvalue weighted by Crippen LogP contribution is -2.21. The summed E-state index contributed by atoms with van der Waals surface area (Å²) in [5, 5.41) is 1.39. The molecule has 0 bridgehead atoms. The Bertz CT molecular complexity index is 1320. The monoisotopic (exact) mass is 396 g/mol. The molecule has 0 spiro atoms. The predicted molar refractivity (Wildman–Crippen MR) is 104 cm³/mol. The lowest BCUT2D eigenvalue weighted by Gasteiger charge is -2.22. The molecule has 0 atom stereocenters. The maximum atomic E-state index is 12.0. The first kappa shape index (κ1) is 18.1. The van der Waals surface area contributed by atoms with Gasteiger partial charge in [0.25, 0.3) is 10.1 Å². The Labute approximate surface area is 160 Å². The second-order valence-electron chi connectivity index (χ2n) is 6.15. The highest BCUT2D eigenvalue weighted by Crippen LogP contribution is 2.39. The average molecular weight is 396 g/mol. The lowest BCUT2D eigenvalue weighted by atomic mass is 9.92. The van der Waals surface area contributed by atoms with E-state index in [0.29, 0.717) is 39.2 Å². The van der Waals surface area contributed by atoms with Crippen molar-refractivity contribution in [1.82, 2.24) is 0 Å². The van der Waals surface area contributed by atoms with Crippen LogP contribution in [0.2, 0.25) is 0 Å². The van der Waals surface area contributed by atoms with Crippen LogP contribution in [0.5, 0.6) is 17.2 Å². The first-order valence-corrected chi connectivity index (χ1v) is 9.68. The second kappa shape index (κ2) is 6.68. The standard InChI is InChI=1S/C20H16N2O5S/c21-11-12-5-7-14-17(9-12)26-18-10-13(27-22)6-8-15(18)20(14)16-3-1-2-4-19(16)28(23,24)25/h1-11H,21-22H2,(H,23,24,25)/b12-11+. The Morgan fingerprint density at radius 1 is 0.964 bits per heavy atom. The van der Waals surface area contributed by atoms with Crippen molar-refractivity contribution in [2.45, 2.75) is 4.90 Å². The Morgan fingerprint density at radius 2 is 1.75 bits per heavy atom. The second-order valence-corrected chi connectivity index (χ2v) is 7.54. The van der Waals surface area contributed by atoms with Crippen LogP contribution in [0.1, 0.15) is 11.1 Å². The fourth-order valence-corrected chi connectivity index (χ4v) is 3.95. The van der Waals surface area contributed by atoms with E-state index in [-0.39, 0.29) is 4.90 Å². The molecule has 1 heterocycles. The molecule has 4 rings (SSSR count). The van der Waals surface area contributed by atoms with Gasteiger partial charge in [-0.15, -0.1) is 0 Å². The quantitative estimate of drug-likeness (QED) is 0.351. The third-order valence-electron chi connectivity index (χ3n) is 4.48. The number of hydrogen-bond donors (Lipinski definition) is 3. The van der Waals surface area contributed by atoms with Crippen molar-refractivity contribution < 1.29 is 22.5 Å². The topological polar surface area (TPSA) is 125 Å². The maximum absolute atomic E-state index is 12.0. The van der Waals surface area contributed by atoms with Crippen LogP contribution >= 0.6 is 0 Å². The van der Waals surface area contributed by atoms with E-state index in [2.05, 4.69) is 0 Å². The zero-order chi connectivity index (χ0) is 19.9. The predicted octanol–water partition coefficient (Wildman–Crippen LogP) is 1.24. The van der Waals surface area contributed by atoms with Gasteiger partial charge in [0.1, 0.15) is 16.4 Å². The highest BCUT2D eigenvalue weighted by Gasteiger charge is 2.25. The highest BCUT2D eigenvalue weighted by atomic mass is 32.2. The van der Waals surface area contributed by atoms with Crippen molar-refractivity contribution in [3.05, 3.63) is 82.2 Å². The van der Waals surface area contributed by atoms with Gasteiger partial charge in [-0.25, -0.2) is 0 Å². The molecule has 3 aromatic rings. The first-order valence-electron chi connectivity index (χ1n) is 8.24. The molecule has 0 unspecified atom stereocenters. The molecule has 142 valence electrons. The van der Waals surface area contributed by atoms with Crippen LogP contribution in [0.3, 0.4) is 0 Å². The summed E-state index contributed by atoms with van der Waals surface area (Å²) in [6.45, 7) is 0. The highest BCUT2D eigenvalue weighted by molar-refractivity contribution is 7.86. The number of ether oxygens (including phenoxy) is 1. The van der Waals surface area contributed by atoms with Gasteiger partial charge in [-0.05, 0) is 35.6 Å². The summed E-state index contributed by atoms with van der Waals surface area (Å²) in [7, 11) is -4.45. The number of fused-ring (bicyclic) bond motifs is 2. The molecule has 0 aromatic heterocycles. The summed E-state index contributed by atoms with van der Waals surface area (Å²) in [4.78, 5) is 4.58. The third kappa shape index (κ3) is 2.99. The van der Waals surface area contributed by atoms with Crippen molar-refractivity contribution in [3.8, 4) is 17.2 Å². The summed E-state index contributed by atoms with van der Waals surface area (Å²) in [5.74, 6) is 6.56. The fraction of sp³-hybridized carbons (Fsp3) is 0. The Kier molecular flexibility index (Phi) is 4.31. The molecule has 7 nitrogen and oxygen atoms in total. The van der Waals surface area contributed by atoms with Gasteiger partial charge in [-0.2, -0.15) is 14.3 Å². The number of benzene rings is 3. The lowest BCUT2D eigenvalue weighted by molar-refractivity contribution is 0.332. The van der Waals surface area contributed by atoms with Gasteiger partial charge in [-0.3, -0.25) is 4.55 Å². The van der Waals surface area contributed by atoms with Gasteiger partial charge in [-0.1, -0.05) is 24.3 Å². The van der Waals surface area contributed by atoms with Crippen molar-refractivity contribution in [1.29, 1.82) is 0 Å². The largest absolute Gasteiger partial charge is 0.456 e. The van der Waals surface area contributed by atoms with Gasteiger partial charge in [0.2, 0.25) is 0 Å². The fourth-order valence-electron chi connectivity index (χ4n) is 3.25. The molecule has 0 saturated carbocycles. The molecule has 1 aliphatic rings. The molecular weight excluding hydrogens is 380 g/mol. The van der Waals surface area contributed by atoms with Gasteiger partial charge in [0, 0.05) is 34.2 Å². The molecule has 0 amide bonds. The molecule has 0 aliphatic carbocycles. The minimum Gasteiger partial charge on any atom is -0.456 e. The molecule has 0 saturated heterocycles. The molecular formula is C20H16N2O5S. The summed E-state index contributed by atoms with van der Waals surface area (Å²) in [6, 6.07) is 16.5. The van der Waals surface area contributed by atoms with Crippen LogP contribution in [0.4, 0.5) is 0 Å². The van der Waals surface area contributed by atoms with E-state index in [1.54, 1.807) is 54.6 Å². The van der Waals surface area contributed by atoms with E-state index in [0.717, 1.165) is 5.22 Å². The Balaban J connectivity index is 2.15. The molecule has 1 aliphatic heterocycles. The minimum atomic E-state index is -4.45. The summed E-state index contributed by atoms with van der Waals surface area (Å²) < 4.78 is 39.7. The SMILES string of the molecule is N/C=c1\ccc2c(c1)Oc1cc(ON)ccc1C=2c1ccccc1S(=O)(=O)O. The Morgan fingerprint density at radius 3 is 2.46 bits per heavy atom. The van der Waals surface area contributed by atoms with Gasteiger partial charge in [0.05, 0.1) is 0 Å². The van der Waals surface area contributed by atoms with Crippen molar-refractivity contribution in [2.75, 3.05) is 0 Å². The van der Waals surface area contributed by atoms with E-state index < -0.39 is 10.1 Å². The van der Waals surface area contributed by atoms with E-state index in [1.807, 2.05) is 0 Å². The number of rotatable bonds is 3. The summed E-state index contributed by atoms with van der Waals surface area (Å²) in [6.07, 6.45) is 1.43. The third-order valence-corrected chi connectivity index (χ3v) is 5.39. The average Bonchev–Trinajstić information content (AvgIpc) is 2.70. The molecule has 3 aromatic carbocycles. The summed E-state index contributed by atoms with van der Waals surface area (Å²) >= 11 is 0. The van der Waals surface area contributed by atoms with Crippen LogP contribution < -0.4 is 31.6 Å². The van der Waals surface area contributed by atoms with Crippen LogP contribution in [0.15, 0.2) is 65.6 Å². The van der Waals surface area contributed by atoms with Gasteiger partial charge in [0.15, 0.2) is 5.75 Å². The molecule has 5 N–H and O–H groups in total. The Hall–Kier alpha value is -3.33. The van der Waals surface area contributed by atoms with E-state index in [4.69, 9.17) is 21.2 Å². The minimum absolute atomic E-state index is 0.197. The van der Waals surface area contributed by atoms with Crippen LogP contribution in [-0.4, -0.2) is 13.0 Å². The normalized spacial score (nSPS) is 13.5. The molecule has 0 fully saturated rings. The van der Waals surface area contributed by atoms with Crippen LogP contribution in [0.25, 0.3) is 11.8 Å². The smallest absolute Gasteiger partial charge is 0.295 e. The van der Waals surface area contributed by atoms with Crippen LogP contribution in [0, 0.1) is 0 Å². The molecule has 0 radical (unpaired) electrons.